The lowest BCUT2D eigenvalue weighted by Gasteiger charge is -2.06. The molecule has 90 valence electrons. The maximum atomic E-state index is 13.0. The topological polar surface area (TPSA) is 96.0 Å². The number of sulfonamides is 1. The van der Waals surface area contributed by atoms with Crippen LogP contribution in [0.25, 0.3) is 0 Å². The first-order chi connectivity index (χ1) is 7.94. The summed E-state index contributed by atoms with van der Waals surface area (Å²) >= 11 is 0. The molecule has 1 aliphatic rings. The van der Waals surface area contributed by atoms with Crippen molar-refractivity contribution < 1.29 is 12.8 Å². The summed E-state index contributed by atoms with van der Waals surface area (Å²) in [6.45, 7) is 0. The van der Waals surface area contributed by atoms with Gasteiger partial charge in [-0.3, -0.25) is 0 Å². The highest BCUT2D eigenvalue weighted by Gasteiger charge is 2.37. The molecule has 2 rings (SSSR count). The van der Waals surface area contributed by atoms with E-state index in [1.54, 1.807) is 6.07 Å². The van der Waals surface area contributed by atoms with Crippen LogP contribution in [0.5, 0.6) is 0 Å². The Morgan fingerprint density at radius 1 is 1.53 bits per heavy atom. The fourth-order valence-electron chi connectivity index (χ4n) is 1.37. The Morgan fingerprint density at radius 3 is 2.71 bits per heavy atom. The molecule has 1 aliphatic carbocycles. The fraction of sp³-hybridized carbons (Fsp3) is 0.300. The summed E-state index contributed by atoms with van der Waals surface area (Å²) in [5, 5.41) is 8.62. The number of benzene rings is 1. The van der Waals surface area contributed by atoms with Gasteiger partial charge in [0.25, 0.3) is 0 Å². The van der Waals surface area contributed by atoms with E-state index in [9.17, 15) is 12.8 Å². The zero-order valence-electron chi connectivity index (χ0n) is 8.72. The molecule has 1 aromatic rings. The molecular formula is C10H10FN3O2S. The Morgan fingerprint density at radius 2 is 2.18 bits per heavy atom. The number of rotatable bonds is 3. The quantitative estimate of drug-likeness (QED) is 0.799. The van der Waals surface area contributed by atoms with Crippen LogP contribution in [0.1, 0.15) is 12.0 Å². The molecule has 0 radical (unpaired) electrons. The Bertz CT molecular complexity index is 594. The van der Waals surface area contributed by atoms with E-state index in [-0.39, 0.29) is 22.5 Å². The van der Waals surface area contributed by atoms with Crippen LogP contribution in [0.15, 0.2) is 23.1 Å². The lowest BCUT2D eigenvalue weighted by atomic mass is 10.2. The van der Waals surface area contributed by atoms with Crippen molar-refractivity contribution in [3.05, 3.63) is 29.6 Å². The Hall–Kier alpha value is -1.49. The first-order valence-corrected chi connectivity index (χ1v) is 6.40. The average molecular weight is 255 g/mol. The van der Waals surface area contributed by atoms with Gasteiger partial charge in [-0.05, 0) is 24.6 Å². The second kappa shape index (κ2) is 4.07. The summed E-state index contributed by atoms with van der Waals surface area (Å²) in [6, 6.07) is 4.24. The molecule has 1 saturated carbocycles. The Balaban J connectivity index is 2.30. The van der Waals surface area contributed by atoms with E-state index in [1.807, 2.05) is 0 Å². The zero-order valence-corrected chi connectivity index (χ0v) is 9.54. The van der Waals surface area contributed by atoms with Crippen molar-refractivity contribution in [2.45, 2.75) is 23.4 Å². The first kappa shape index (κ1) is 12.0. The Labute approximate surface area is 98.1 Å². The van der Waals surface area contributed by atoms with E-state index in [1.165, 1.54) is 0 Å². The van der Waals surface area contributed by atoms with E-state index < -0.39 is 15.8 Å². The van der Waals surface area contributed by atoms with Gasteiger partial charge in [0.2, 0.25) is 10.0 Å². The van der Waals surface area contributed by atoms with Crippen LogP contribution in [0.3, 0.4) is 0 Å². The molecule has 0 bridgehead atoms. The van der Waals surface area contributed by atoms with Crippen molar-refractivity contribution in [1.82, 2.24) is 4.72 Å². The summed E-state index contributed by atoms with van der Waals surface area (Å²) in [7, 11) is -3.73. The van der Waals surface area contributed by atoms with Gasteiger partial charge in [0.15, 0.2) is 0 Å². The summed E-state index contributed by atoms with van der Waals surface area (Å²) < 4.78 is 39.0. The third-order valence-corrected chi connectivity index (χ3v) is 4.00. The lowest BCUT2D eigenvalue weighted by molar-refractivity contribution is 0.578. The Kier molecular flexibility index (Phi) is 2.87. The maximum absolute atomic E-state index is 13.0. The molecule has 5 nitrogen and oxygen atoms in total. The van der Waals surface area contributed by atoms with Crippen molar-refractivity contribution in [3.8, 4) is 6.07 Å². The van der Waals surface area contributed by atoms with Gasteiger partial charge < -0.3 is 5.73 Å². The van der Waals surface area contributed by atoms with Crippen molar-refractivity contribution in [3.63, 3.8) is 0 Å². The monoisotopic (exact) mass is 255 g/mol. The minimum atomic E-state index is -3.73. The first-order valence-electron chi connectivity index (χ1n) is 4.91. The number of hydrogen-bond acceptors (Lipinski definition) is 4. The number of nitriles is 1. The predicted octanol–water partition coefficient (Wildman–Crippen LogP) is 0.0753. The van der Waals surface area contributed by atoms with Gasteiger partial charge in [-0.25, -0.2) is 17.5 Å². The van der Waals surface area contributed by atoms with Crippen molar-refractivity contribution in [2.75, 3.05) is 0 Å². The van der Waals surface area contributed by atoms with E-state index >= 15 is 0 Å². The number of halogens is 1. The molecule has 2 unspecified atom stereocenters. The summed E-state index contributed by atoms with van der Waals surface area (Å²) in [5.41, 5.74) is 5.19. The van der Waals surface area contributed by atoms with E-state index in [0.717, 1.165) is 18.2 Å². The fourth-order valence-corrected chi connectivity index (χ4v) is 2.70. The maximum Gasteiger partial charge on any atom is 0.240 e. The normalized spacial score (nSPS) is 23.1. The minimum Gasteiger partial charge on any atom is -0.326 e. The minimum absolute atomic E-state index is 0.130. The number of nitrogens with zero attached hydrogens (tertiary/aromatic N) is 1. The van der Waals surface area contributed by atoms with Crippen LogP contribution < -0.4 is 10.5 Å². The molecule has 2 atom stereocenters. The molecule has 1 aromatic carbocycles. The number of nitrogens with two attached hydrogens (primary N) is 1. The molecule has 0 aliphatic heterocycles. The molecule has 0 amide bonds. The van der Waals surface area contributed by atoms with E-state index in [2.05, 4.69) is 4.72 Å². The van der Waals surface area contributed by atoms with E-state index in [0.29, 0.717) is 6.42 Å². The van der Waals surface area contributed by atoms with Gasteiger partial charge in [0, 0.05) is 12.1 Å². The van der Waals surface area contributed by atoms with Crippen LogP contribution in [0.4, 0.5) is 4.39 Å². The van der Waals surface area contributed by atoms with Gasteiger partial charge in [0.1, 0.15) is 11.9 Å². The van der Waals surface area contributed by atoms with Crippen molar-refractivity contribution in [2.24, 2.45) is 5.73 Å². The van der Waals surface area contributed by atoms with Crippen LogP contribution in [0.2, 0.25) is 0 Å². The predicted molar refractivity (Wildman–Crippen MR) is 57.8 cm³/mol. The largest absolute Gasteiger partial charge is 0.326 e. The van der Waals surface area contributed by atoms with Crippen LogP contribution in [-0.2, 0) is 10.0 Å². The molecular weight excluding hydrogens is 245 g/mol. The van der Waals surface area contributed by atoms with Gasteiger partial charge in [-0.15, -0.1) is 0 Å². The van der Waals surface area contributed by atoms with Crippen LogP contribution in [-0.4, -0.2) is 20.5 Å². The second-order valence-corrected chi connectivity index (χ2v) is 5.59. The third kappa shape index (κ3) is 2.44. The molecule has 0 heterocycles. The average Bonchev–Trinajstić information content (AvgIpc) is 2.93. The van der Waals surface area contributed by atoms with E-state index in [4.69, 9.17) is 11.0 Å². The van der Waals surface area contributed by atoms with Gasteiger partial charge in [-0.2, -0.15) is 5.26 Å². The molecule has 0 spiro atoms. The van der Waals surface area contributed by atoms with Crippen molar-refractivity contribution >= 4 is 10.0 Å². The SMILES string of the molecule is N#Cc1cc(S(=O)(=O)NC2CC2N)ccc1F. The number of nitrogens with one attached hydrogen (secondary N) is 1. The van der Waals surface area contributed by atoms with Gasteiger partial charge >= 0.3 is 0 Å². The van der Waals surface area contributed by atoms with Crippen molar-refractivity contribution in [1.29, 1.82) is 5.26 Å². The molecule has 7 heteroatoms. The number of hydrogen-bond donors (Lipinski definition) is 2. The molecule has 0 saturated heterocycles. The standard InChI is InChI=1S/C10H10FN3O2S/c11-8-2-1-7(3-6(8)5-12)17(15,16)14-10-4-9(10)13/h1-3,9-10,14H,4,13H2. The molecule has 0 aromatic heterocycles. The summed E-state index contributed by atoms with van der Waals surface area (Å²) in [5.74, 6) is -0.741. The second-order valence-electron chi connectivity index (χ2n) is 3.88. The summed E-state index contributed by atoms with van der Waals surface area (Å²) in [4.78, 5) is -0.130. The lowest BCUT2D eigenvalue weighted by Crippen LogP contribution is -2.29. The summed E-state index contributed by atoms with van der Waals surface area (Å²) in [6.07, 6.45) is 0.589. The van der Waals surface area contributed by atoms with Crippen LogP contribution in [0, 0.1) is 17.1 Å². The molecule has 3 N–H and O–H groups in total. The third-order valence-electron chi connectivity index (χ3n) is 2.51. The highest BCUT2D eigenvalue weighted by Crippen LogP contribution is 2.22. The smallest absolute Gasteiger partial charge is 0.240 e. The molecule has 1 fully saturated rings. The van der Waals surface area contributed by atoms with Gasteiger partial charge in [0.05, 0.1) is 10.5 Å². The highest BCUT2D eigenvalue weighted by molar-refractivity contribution is 7.89. The van der Waals surface area contributed by atoms with Gasteiger partial charge in [-0.1, -0.05) is 0 Å². The zero-order chi connectivity index (χ0) is 12.6. The highest BCUT2D eigenvalue weighted by atomic mass is 32.2. The van der Waals surface area contributed by atoms with Crippen LogP contribution >= 0.6 is 0 Å². The molecule has 17 heavy (non-hydrogen) atoms.